The van der Waals surface area contributed by atoms with Crippen LogP contribution in [0.3, 0.4) is 0 Å². The first kappa shape index (κ1) is 18.5. The third-order valence-electron chi connectivity index (χ3n) is 3.47. The quantitative estimate of drug-likeness (QED) is 0.558. The summed E-state index contributed by atoms with van der Waals surface area (Å²) in [4.78, 5) is 27.7. The van der Waals surface area contributed by atoms with Gasteiger partial charge in [0.25, 0.3) is 0 Å². The van der Waals surface area contributed by atoms with Gasteiger partial charge in [-0.3, -0.25) is 14.9 Å². The molecule has 0 saturated carbocycles. The Bertz CT molecular complexity index is 919. The highest BCUT2D eigenvalue weighted by Crippen LogP contribution is 2.23. The van der Waals surface area contributed by atoms with Gasteiger partial charge < -0.3 is 10.3 Å². The maximum atomic E-state index is 12.4. The van der Waals surface area contributed by atoms with Crippen LogP contribution in [0.4, 0.5) is 17.2 Å². The average Bonchev–Trinajstić information content (AvgIpc) is 2.56. The number of rotatable bonds is 7. The van der Waals surface area contributed by atoms with Crippen LogP contribution in [0.2, 0.25) is 0 Å². The molecule has 25 heavy (non-hydrogen) atoms. The Balaban J connectivity index is 2.33. The van der Waals surface area contributed by atoms with Gasteiger partial charge in [0.1, 0.15) is 0 Å². The molecular formula is C14H17N5O5S. The van der Waals surface area contributed by atoms with Crippen LogP contribution in [0.15, 0.2) is 40.3 Å². The molecule has 134 valence electrons. The van der Waals surface area contributed by atoms with E-state index >= 15 is 0 Å². The van der Waals surface area contributed by atoms with Crippen molar-refractivity contribution >= 4 is 27.2 Å². The second kappa shape index (κ2) is 7.40. The van der Waals surface area contributed by atoms with Gasteiger partial charge in [-0.25, -0.2) is 13.4 Å². The lowest BCUT2D eigenvalue weighted by atomic mass is 10.3. The zero-order chi connectivity index (χ0) is 18.6. The summed E-state index contributed by atoms with van der Waals surface area (Å²) in [6.45, 7) is 4.19. The van der Waals surface area contributed by atoms with E-state index < -0.39 is 26.2 Å². The number of nitrogens with one attached hydrogen (secondary N) is 2. The van der Waals surface area contributed by atoms with Crippen LogP contribution in [-0.4, -0.2) is 40.7 Å². The number of H-pyrrole nitrogens is 1. The molecule has 0 unspecified atom stereocenters. The zero-order valence-electron chi connectivity index (χ0n) is 13.6. The number of nitro groups is 1. The molecule has 0 aliphatic heterocycles. The van der Waals surface area contributed by atoms with E-state index in [0.717, 1.165) is 6.33 Å². The maximum absolute atomic E-state index is 12.4. The van der Waals surface area contributed by atoms with Crippen molar-refractivity contribution < 1.29 is 13.3 Å². The van der Waals surface area contributed by atoms with Crippen LogP contribution >= 0.6 is 0 Å². The Morgan fingerprint density at radius 3 is 2.36 bits per heavy atom. The lowest BCUT2D eigenvalue weighted by Crippen LogP contribution is -2.30. The molecule has 0 spiro atoms. The van der Waals surface area contributed by atoms with E-state index in [1.165, 1.54) is 28.6 Å². The normalized spacial score (nSPS) is 11.5. The third kappa shape index (κ3) is 3.83. The van der Waals surface area contributed by atoms with Gasteiger partial charge in [0.2, 0.25) is 15.8 Å². The second-order valence-corrected chi connectivity index (χ2v) is 6.86. The van der Waals surface area contributed by atoms with Gasteiger partial charge in [0, 0.05) is 18.8 Å². The van der Waals surface area contributed by atoms with Crippen molar-refractivity contribution in [1.82, 2.24) is 14.3 Å². The molecule has 10 nitrogen and oxygen atoms in total. The van der Waals surface area contributed by atoms with E-state index in [2.05, 4.69) is 15.3 Å². The molecule has 0 atom stereocenters. The van der Waals surface area contributed by atoms with Crippen molar-refractivity contribution in [1.29, 1.82) is 0 Å². The molecule has 0 bridgehead atoms. The molecule has 2 N–H and O–H groups in total. The van der Waals surface area contributed by atoms with Gasteiger partial charge >= 0.3 is 11.2 Å². The molecule has 0 aliphatic carbocycles. The number of anilines is 2. The summed E-state index contributed by atoms with van der Waals surface area (Å²) in [5.74, 6) is -0.229. The topological polar surface area (TPSA) is 138 Å². The van der Waals surface area contributed by atoms with Crippen molar-refractivity contribution in [3.05, 3.63) is 51.1 Å². The molecule has 1 heterocycles. The van der Waals surface area contributed by atoms with E-state index in [9.17, 15) is 23.3 Å². The Morgan fingerprint density at radius 1 is 1.24 bits per heavy atom. The molecule has 1 aromatic carbocycles. The summed E-state index contributed by atoms with van der Waals surface area (Å²) in [7, 11) is -3.59. The van der Waals surface area contributed by atoms with Crippen LogP contribution in [0.1, 0.15) is 13.8 Å². The fourth-order valence-electron chi connectivity index (χ4n) is 2.21. The maximum Gasteiger partial charge on any atom is 0.376 e. The van der Waals surface area contributed by atoms with Crippen molar-refractivity contribution in [3.8, 4) is 0 Å². The first-order valence-corrected chi connectivity index (χ1v) is 8.84. The van der Waals surface area contributed by atoms with Crippen LogP contribution in [0.5, 0.6) is 0 Å². The number of nitrogens with zero attached hydrogens (tertiary/aromatic N) is 3. The molecule has 0 amide bonds. The average molecular weight is 367 g/mol. The second-order valence-electron chi connectivity index (χ2n) is 4.92. The minimum Gasteiger partial charge on any atom is -0.334 e. The fourth-order valence-corrected chi connectivity index (χ4v) is 3.67. The first-order valence-electron chi connectivity index (χ1n) is 7.40. The van der Waals surface area contributed by atoms with Crippen molar-refractivity contribution in [3.63, 3.8) is 0 Å². The monoisotopic (exact) mass is 367 g/mol. The van der Waals surface area contributed by atoms with Gasteiger partial charge in [0.15, 0.2) is 0 Å². The zero-order valence-corrected chi connectivity index (χ0v) is 14.4. The van der Waals surface area contributed by atoms with Gasteiger partial charge in [0.05, 0.1) is 16.1 Å². The molecule has 11 heteroatoms. The van der Waals surface area contributed by atoms with E-state index in [0.29, 0.717) is 18.8 Å². The third-order valence-corrected chi connectivity index (χ3v) is 5.54. The fraction of sp³-hybridized carbons (Fsp3) is 0.286. The summed E-state index contributed by atoms with van der Waals surface area (Å²) < 4.78 is 26.1. The van der Waals surface area contributed by atoms with Crippen molar-refractivity contribution in [2.24, 2.45) is 0 Å². The number of sulfonamides is 1. The Hall–Kier alpha value is -2.79. The minimum absolute atomic E-state index is 0.107. The smallest absolute Gasteiger partial charge is 0.334 e. The highest BCUT2D eigenvalue weighted by atomic mass is 32.2. The lowest BCUT2D eigenvalue weighted by molar-refractivity contribution is -0.385. The van der Waals surface area contributed by atoms with Crippen LogP contribution < -0.4 is 10.9 Å². The number of aromatic nitrogens is 2. The van der Waals surface area contributed by atoms with Crippen LogP contribution in [0, 0.1) is 10.1 Å². The summed E-state index contributed by atoms with van der Waals surface area (Å²) in [5.41, 5.74) is -1.25. The molecular weight excluding hydrogens is 350 g/mol. The van der Waals surface area contributed by atoms with Crippen LogP contribution in [0.25, 0.3) is 0 Å². The van der Waals surface area contributed by atoms with E-state index in [4.69, 9.17) is 0 Å². The molecule has 0 fully saturated rings. The molecule has 0 aliphatic rings. The van der Waals surface area contributed by atoms with E-state index in [-0.39, 0.29) is 10.7 Å². The molecule has 2 rings (SSSR count). The number of aromatic amines is 1. The highest BCUT2D eigenvalue weighted by Gasteiger charge is 2.23. The highest BCUT2D eigenvalue weighted by molar-refractivity contribution is 7.89. The van der Waals surface area contributed by atoms with Gasteiger partial charge in [-0.05, 0) is 24.3 Å². The lowest BCUT2D eigenvalue weighted by Gasteiger charge is -2.18. The summed E-state index contributed by atoms with van der Waals surface area (Å²) in [5, 5.41) is 13.6. The Labute approximate surface area is 143 Å². The van der Waals surface area contributed by atoms with Crippen molar-refractivity contribution in [2.75, 3.05) is 18.4 Å². The molecule has 2 aromatic rings. The van der Waals surface area contributed by atoms with Gasteiger partial charge in [-0.15, -0.1) is 0 Å². The summed E-state index contributed by atoms with van der Waals surface area (Å²) in [6, 6.07) is 5.66. The predicted octanol–water partition coefficient (Wildman–Crippen LogP) is 1.45. The standard InChI is InChI=1S/C14H17N5O5S/c1-3-18(4-2)25(23,24)11-7-5-10(6-8-11)17-13-12(19(21)22)14(20)16-9-15-13/h5-9H,3-4H2,1-2H3,(H2,15,16,17,20). The van der Waals surface area contributed by atoms with Crippen molar-refractivity contribution in [2.45, 2.75) is 18.7 Å². The largest absolute Gasteiger partial charge is 0.376 e. The summed E-state index contributed by atoms with van der Waals surface area (Å²) in [6.07, 6.45) is 1.04. The summed E-state index contributed by atoms with van der Waals surface area (Å²) >= 11 is 0. The number of benzene rings is 1. The van der Waals surface area contributed by atoms with E-state index in [1.807, 2.05) is 0 Å². The van der Waals surface area contributed by atoms with Gasteiger partial charge in [-0.2, -0.15) is 4.31 Å². The number of hydrogen-bond donors (Lipinski definition) is 2. The molecule has 1 aromatic heterocycles. The Morgan fingerprint density at radius 2 is 1.84 bits per heavy atom. The SMILES string of the molecule is CCN(CC)S(=O)(=O)c1ccc(Nc2nc[nH]c(=O)c2[N+](=O)[O-])cc1. The van der Waals surface area contributed by atoms with Crippen LogP contribution in [-0.2, 0) is 10.0 Å². The Kier molecular flexibility index (Phi) is 5.49. The number of hydrogen-bond acceptors (Lipinski definition) is 7. The minimum atomic E-state index is -3.59. The molecule has 0 saturated heterocycles. The van der Waals surface area contributed by atoms with Gasteiger partial charge in [-0.1, -0.05) is 13.8 Å². The van der Waals surface area contributed by atoms with E-state index in [1.54, 1.807) is 13.8 Å². The molecule has 0 radical (unpaired) electrons. The predicted molar refractivity (Wildman–Crippen MR) is 91.3 cm³/mol. The first-order chi connectivity index (χ1) is 11.8.